The van der Waals surface area contributed by atoms with Crippen LogP contribution in [-0.4, -0.2) is 17.9 Å². The van der Waals surface area contributed by atoms with Crippen molar-refractivity contribution in [1.82, 2.24) is 5.16 Å². The van der Waals surface area contributed by atoms with Gasteiger partial charge in [0.25, 0.3) is 0 Å². The Morgan fingerprint density at radius 1 is 1.12 bits per heavy atom. The van der Waals surface area contributed by atoms with E-state index in [2.05, 4.69) is 5.16 Å². The van der Waals surface area contributed by atoms with Gasteiger partial charge in [0.1, 0.15) is 12.3 Å². The number of nitrogens with zero attached hydrogens (tertiary/aromatic N) is 1. The average Bonchev–Trinajstić information content (AvgIpc) is 3.29. The van der Waals surface area contributed by atoms with Gasteiger partial charge in [-0.05, 0) is 37.0 Å². The lowest BCUT2D eigenvalue weighted by Gasteiger charge is -2.20. The van der Waals surface area contributed by atoms with Crippen LogP contribution in [0.5, 0.6) is 11.5 Å². The Kier molecular flexibility index (Phi) is 4.59. The zero-order chi connectivity index (χ0) is 17.1. The summed E-state index contributed by atoms with van der Waals surface area (Å²) in [5.74, 6) is 2.34. The van der Waals surface area contributed by atoms with Crippen molar-refractivity contribution >= 4 is 5.97 Å². The molecule has 6 heteroatoms. The summed E-state index contributed by atoms with van der Waals surface area (Å²) in [4.78, 5) is 12.0. The molecule has 4 rings (SSSR count). The highest BCUT2D eigenvalue weighted by Gasteiger charge is 2.19. The number of fused-ring (bicyclic) bond motifs is 1. The minimum absolute atomic E-state index is 0.138. The van der Waals surface area contributed by atoms with E-state index >= 15 is 0 Å². The van der Waals surface area contributed by atoms with Crippen LogP contribution in [-0.2, 0) is 16.1 Å². The quantitative estimate of drug-likeness (QED) is 0.762. The number of hydrogen-bond donors (Lipinski definition) is 0. The van der Waals surface area contributed by atoms with Crippen LogP contribution in [0.25, 0.3) is 11.3 Å². The second-order valence-corrected chi connectivity index (χ2v) is 6.62. The Balaban J connectivity index is 1.33. The van der Waals surface area contributed by atoms with Crippen molar-refractivity contribution in [3.05, 3.63) is 30.0 Å². The van der Waals surface area contributed by atoms with E-state index in [0.29, 0.717) is 29.5 Å². The predicted molar refractivity (Wildman–Crippen MR) is 89.1 cm³/mol. The summed E-state index contributed by atoms with van der Waals surface area (Å²) in [5.41, 5.74) is 1.45. The zero-order valence-electron chi connectivity index (χ0n) is 14.0. The van der Waals surface area contributed by atoms with Gasteiger partial charge in [-0.25, -0.2) is 0 Å². The summed E-state index contributed by atoms with van der Waals surface area (Å²) in [6.45, 7) is 0.372. The molecular formula is C19H21NO5. The van der Waals surface area contributed by atoms with Gasteiger partial charge in [-0.3, -0.25) is 4.79 Å². The zero-order valence-corrected chi connectivity index (χ0v) is 14.0. The first-order valence-electron chi connectivity index (χ1n) is 8.79. The molecule has 2 aliphatic rings. The second-order valence-electron chi connectivity index (χ2n) is 6.62. The van der Waals surface area contributed by atoms with Crippen LogP contribution in [0.4, 0.5) is 0 Å². The number of hydrogen-bond acceptors (Lipinski definition) is 6. The fraction of sp³-hybridized carbons (Fsp3) is 0.474. The summed E-state index contributed by atoms with van der Waals surface area (Å²) < 4.78 is 21.4. The van der Waals surface area contributed by atoms with Gasteiger partial charge in [0, 0.05) is 18.1 Å². The van der Waals surface area contributed by atoms with E-state index in [-0.39, 0.29) is 19.4 Å². The third-order valence-corrected chi connectivity index (χ3v) is 4.78. The van der Waals surface area contributed by atoms with Gasteiger partial charge >= 0.3 is 5.97 Å². The molecule has 1 aromatic heterocycles. The summed E-state index contributed by atoms with van der Waals surface area (Å²) >= 11 is 0. The third kappa shape index (κ3) is 3.78. The minimum atomic E-state index is -0.153. The molecule has 0 saturated heterocycles. The molecule has 25 heavy (non-hydrogen) atoms. The maximum Gasteiger partial charge on any atom is 0.306 e. The molecule has 0 atom stereocenters. The van der Waals surface area contributed by atoms with Gasteiger partial charge in [0.05, 0.1) is 0 Å². The van der Waals surface area contributed by atoms with Crippen LogP contribution < -0.4 is 9.47 Å². The summed E-state index contributed by atoms with van der Waals surface area (Å²) in [6.07, 6.45) is 6.50. The normalized spacial score (nSPS) is 16.8. The molecule has 1 aromatic carbocycles. The number of carbonyl (C=O) groups excluding carboxylic acids is 1. The smallest absolute Gasteiger partial charge is 0.306 e. The summed E-state index contributed by atoms with van der Waals surface area (Å²) in [6, 6.07) is 7.35. The number of rotatable bonds is 5. The molecule has 132 valence electrons. The Labute approximate surface area is 146 Å². The van der Waals surface area contributed by atoms with Crippen LogP contribution in [0, 0.1) is 5.92 Å². The SMILES string of the molecule is O=C(CC1CCCCC1)OCc1cc(-c2ccc3c(c2)OCO3)on1. The van der Waals surface area contributed by atoms with Crippen LogP contribution in [0.15, 0.2) is 28.8 Å². The molecule has 0 N–H and O–H groups in total. The second kappa shape index (κ2) is 7.17. The highest BCUT2D eigenvalue weighted by Crippen LogP contribution is 2.36. The first kappa shape index (κ1) is 16.0. The average molecular weight is 343 g/mol. The number of carbonyl (C=O) groups is 1. The Morgan fingerprint density at radius 3 is 2.84 bits per heavy atom. The Hall–Kier alpha value is -2.50. The fourth-order valence-electron chi connectivity index (χ4n) is 3.41. The molecule has 2 aromatic rings. The largest absolute Gasteiger partial charge is 0.459 e. The third-order valence-electron chi connectivity index (χ3n) is 4.78. The molecule has 0 bridgehead atoms. The highest BCUT2D eigenvalue weighted by atomic mass is 16.7. The van der Waals surface area contributed by atoms with E-state index in [0.717, 1.165) is 24.2 Å². The van der Waals surface area contributed by atoms with E-state index in [1.54, 1.807) is 6.07 Å². The maximum absolute atomic E-state index is 12.0. The number of esters is 1. The lowest BCUT2D eigenvalue weighted by atomic mass is 9.87. The minimum Gasteiger partial charge on any atom is -0.459 e. The van der Waals surface area contributed by atoms with Gasteiger partial charge in [0.15, 0.2) is 17.3 Å². The first-order chi connectivity index (χ1) is 12.3. The van der Waals surface area contributed by atoms with Crippen LogP contribution in [0.1, 0.15) is 44.2 Å². The summed E-state index contributed by atoms with van der Waals surface area (Å²) in [7, 11) is 0. The van der Waals surface area contributed by atoms with E-state index in [1.807, 2.05) is 18.2 Å². The lowest BCUT2D eigenvalue weighted by Crippen LogP contribution is -2.14. The molecule has 1 fully saturated rings. The van der Waals surface area contributed by atoms with Gasteiger partial charge in [-0.1, -0.05) is 24.4 Å². The predicted octanol–water partition coefficient (Wildman–Crippen LogP) is 4.08. The number of benzene rings is 1. The van der Waals surface area contributed by atoms with Crippen molar-refractivity contribution in [1.29, 1.82) is 0 Å². The van der Waals surface area contributed by atoms with Gasteiger partial charge < -0.3 is 18.7 Å². The molecule has 2 heterocycles. The topological polar surface area (TPSA) is 70.8 Å². The molecule has 1 saturated carbocycles. The van der Waals surface area contributed by atoms with E-state index in [4.69, 9.17) is 18.7 Å². The van der Waals surface area contributed by atoms with Gasteiger partial charge in [-0.15, -0.1) is 0 Å². The van der Waals surface area contributed by atoms with E-state index in [1.165, 1.54) is 19.3 Å². The molecule has 0 unspecified atom stereocenters. The lowest BCUT2D eigenvalue weighted by molar-refractivity contribution is -0.146. The molecule has 6 nitrogen and oxygen atoms in total. The monoisotopic (exact) mass is 343 g/mol. The summed E-state index contributed by atoms with van der Waals surface area (Å²) in [5, 5.41) is 3.98. The fourth-order valence-corrected chi connectivity index (χ4v) is 3.41. The van der Waals surface area contributed by atoms with Crippen molar-refractivity contribution in [2.45, 2.75) is 45.1 Å². The van der Waals surface area contributed by atoms with E-state index < -0.39 is 0 Å². The van der Waals surface area contributed by atoms with Crippen LogP contribution in [0.3, 0.4) is 0 Å². The van der Waals surface area contributed by atoms with Crippen molar-refractivity contribution in [2.24, 2.45) is 5.92 Å². The van der Waals surface area contributed by atoms with Gasteiger partial charge in [-0.2, -0.15) is 0 Å². The Morgan fingerprint density at radius 2 is 1.96 bits per heavy atom. The number of ether oxygens (including phenoxy) is 3. The van der Waals surface area contributed by atoms with E-state index in [9.17, 15) is 4.79 Å². The van der Waals surface area contributed by atoms with Gasteiger partial charge in [0.2, 0.25) is 6.79 Å². The molecule has 0 amide bonds. The van der Waals surface area contributed by atoms with Crippen LogP contribution in [0.2, 0.25) is 0 Å². The first-order valence-corrected chi connectivity index (χ1v) is 8.79. The highest BCUT2D eigenvalue weighted by molar-refractivity contribution is 5.69. The van der Waals surface area contributed by atoms with Crippen molar-refractivity contribution in [2.75, 3.05) is 6.79 Å². The molecule has 1 aliphatic heterocycles. The molecule has 0 spiro atoms. The standard InChI is InChI=1S/C19H21NO5/c21-19(8-13-4-2-1-3-5-13)22-11-15-10-17(25-20-15)14-6-7-16-18(9-14)24-12-23-16/h6-7,9-10,13H,1-5,8,11-12H2. The van der Waals surface area contributed by atoms with Crippen LogP contribution >= 0.6 is 0 Å². The molecule has 0 radical (unpaired) electrons. The van der Waals surface area contributed by atoms with Crippen molar-refractivity contribution in [3.8, 4) is 22.8 Å². The maximum atomic E-state index is 12.0. The van der Waals surface area contributed by atoms with Crippen molar-refractivity contribution in [3.63, 3.8) is 0 Å². The van der Waals surface area contributed by atoms with Crippen molar-refractivity contribution < 1.29 is 23.5 Å². The Bertz CT molecular complexity index is 748. The molecule has 1 aliphatic carbocycles. The molecular weight excluding hydrogens is 322 g/mol. The number of aromatic nitrogens is 1.